The molecule has 0 radical (unpaired) electrons. The maximum absolute atomic E-state index is 14.1. The molecule has 23 heavy (non-hydrogen) atoms. The van der Waals surface area contributed by atoms with Crippen molar-refractivity contribution in [1.29, 1.82) is 0 Å². The lowest BCUT2D eigenvalue weighted by Gasteiger charge is -2.41. The first-order valence-electron chi connectivity index (χ1n) is 6.66. The molecule has 9 heteroatoms. The van der Waals surface area contributed by atoms with Crippen molar-refractivity contribution in [3.8, 4) is 12.3 Å². The molecule has 2 aliphatic heterocycles. The molecule has 1 unspecified atom stereocenters. The summed E-state index contributed by atoms with van der Waals surface area (Å²) in [5, 5.41) is 0. The van der Waals surface area contributed by atoms with E-state index in [4.69, 9.17) is 12.2 Å². The number of rotatable bonds is 1. The number of terminal acetylenes is 1. The van der Waals surface area contributed by atoms with Crippen LogP contribution in [0.2, 0.25) is 0 Å². The molecule has 122 valence electrons. The van der Waals surface area contributed by atoms with Crippen molar-refractivity contribution in [2.45, 2.75) is 11.5 Å². The lowest BCUT2D eigenvalue weighted by atomic mass is 9.93. The summed E-state index contributed by atoms with van der Waals surface area (Å²) in [5.74, 6) is -2.29. The Kier molecular flexibility index (Phi) is 3.33. The number of hydrogen-bond donors (Lipinski definition) is 1. The van der Waals surface area contributed by atoms with E-state index in [1.165, 1.54) is 18.2 Å². The number of aliphatic imine (C=N–C) groups is 1. The minimum atomic E-state index is -3.32. The highest BCUT2D eigenvalue weighted by molar-refractivity contribution is 7.92. The van der Waals surface area contributed by atoms with Gasteiger partial charge in [0.2, 0.25) is 5.96 Å². The van der Waals surface area contributed by atoms with Crippen LogP contribution in [-0.2, 0) is 15.5 Å². The van der Waals surface area contributed by atoms with Crippen LogP contribution in [0.15, 0.2) is 33.6 Å². The van der Waals surface area contributed by atoms with E-state index in [0.717, 1.165) is 4.31 Å². The van der Waals surface area contributed by atoms with Crippen molar-refractivity contribution in [2.24, 2.45) is 15.1 Å². The topological polar surface area (TPSA) is 71.0 Å². The Morgan fingerprint density at radius 3 is 2.74 bits per heavy atom. The fraction of sp³-hybridized carbons (Fsp3) is 0.357. The summed E-state index contributed by atoms with van der Waals surface area (Å²) in [4.78, 5) is 4.03. The Hall–Kier alpha value is -2.21. The van der Waals surface area contributed by atoms with E-state index < -0.39 is 52.0 Å². The zero-order valence-corrected chi connectivity index (χ0v) is 12.7. The molecule has 2 N–H and O–H groups in total. The van der Waals surface area contributed by atoms with Crippen LogP contribution in [0.1, 0.15) is 5.56 Å². The van der Waals surface area contributed by atoms with Gasteiger partial charge < -0.3 is 5.73 Å². The lowest BCUT2D eigenvalue weighted by molar-refractivity contribution is -0.000286. The molecule has 0 aliphatic carbocycles. The number of alkyl halides is 2. The van der Waals surface area contributed by atoms with Crippen molar-refractivity contribution < 1.29 is 17.4 Å². The molecule has 3 rings (SSSR count). The van der Waals surface area contributed by atoms with E-state index in [9.17, 15) is 17.4 Å². The summed E-state index contributed by atoms with van der Waals surface area (Å²) in [5.41, 5.74) is 4.09. The van der Waals surface area contributed by atoms with Gasteiger partial charge in [-0.25, -0.2) is 31.0 Å². The molecule has 0 spiro atoms. The monoisotopic (exact) mass is 342 g/mol. The normalized spacial score (nSPS) is 32.3. The Balaban J connectivity index is 2.19. The third kappa shape index (κ3) is 2.43. The summed E-state index contributed by atoms with van der Waals surface area (Å²) < 4.78 is 58.5. The Morgan fingerprint density at radius 2 is 2.09 bits per heavy atom. The van der Waals surface area contributed by atoms with Crippen molar-refractivity contribution in [3.05, 3.63) is 35.6 Å². The number of benzene rings is 1. The SMILES string of the molecule is C#C[C@@]1(c2ccccc2F)CS2(=O)=NCC(F)(F)CN2C(N)=N1. The van der Waals surface area contributed by atoms with Gasteiger partial charge in [0.05, 0.1) is 5.75 Å². The van der Waals surface area contributed by atoms with Crippen molar-refractivity contribution in [2.75, 3.05) is 18.8 Å². The molecule has 0 aromatic heterocycles. The molecule has 1 aromatic rings. The highest BCUT2D eigenvalue weighted by Crippen LogP contribution is 2.37. The minimum Gasteiger partial charge on any atom is -0.369 e. The van der Waals surface area contributed by atoms with Gasteiger partial charge >= 0.3 is 0 Å². The molecule has 2 heterocycles. The van der Waals surface area contributed by atoms with Crippen LogP contribution in [-0.4, -0.2) is 39.2 Å². The number of guanidine groups is 1. The first kappa shape index (κ1) is 15.7. The number of fused-ring (bicyclic) bond motifs is 1. The van der Waals surface area contributed by atoms with E-state index >= 15 is 0 Å². The van der Waals surface area contributed by atoms with Crippen molar-refractivity contribution in [3.63, 3.8) is 0 Å². The molecular weight excluding hydrogens is 329 g/mol. The van der Waals surface area contributed by atoms with Crippen LogP contribution in [0, 0.1) is 18.2 Å². The number of nitrogens with zero attached hydrogens (tertiary/aromatic N) is 3. The van der Waals surface area contributed by atoms with E-state index in [0.29, 0.717) is 0 Å². The second-order valence-electron chi connectivity index (χ2n) is 5.39. The quantitative estimate of drug-likeness (QED) is 0.782. The van der Waals surface area contributed by atoms with E-state index in [2.05, 4.69) is 15.3 Å². The maximum Gasteiger partial charge on any atom is 0.286 e. The summed E-state index contributed by atoms with van der Waals surface area (Å²) in [6.45, 7) is -1.75. The molecule has 0 amide bonds. The highest BCUT2D eigenvalue weighted by Gasteiger charge is 2.49. The third-order valence-electron chi connectivity index (χ3n) is 3.73. The van der Waals surface area contributed by atoms with E-state index in [-0.39, 0.29) is 5.56 Å². The van der Waals surface area contributed by atoms with Crippen LogP contribution in [0.25, 0.3) is 0 Å². The Morgan fingerprint density at radius 1 is 1.39 bits per heavy atom. The van der Waals surface area contributed by atoms with Crippen molar-refractivity contribution >= 4 is 15.9 Å². The minimum absolute atomic E-state index is 0.0142. The van der Waals surface area contributed by atoms with Gasteiger partial charge in [-0.2, -0.15) is 0 Å². The molecule has 1 aromatic carbocycles. The zero-order chi connectivity index (χ0) is 16.9. The predicted molar refractivity (Wildman–Crippen MR) is 80.5 cm³/mol. The van der Waals surface area contributed by atoms with Gasteiger partial charge in [0.25, 0.3) is 5.92 Å². The fourth-order valence-electron chi connectivity index (χ4n) is 2.62. The summed E-state index contributed by atoms with van der Waals surface area (Å²) in [7, 11) is -3.32. The largest absolute Gasteiger partial charge is 0.369 e. The smallest absolute Gasteiger partial charge is 0.286 e. The fourth-order valence-corrected chi connectivity index (χ4v) is 4.97. The first-order valence-corrected chi connectivity index (χ1v) is 8.30. The van der Waals surface area contributed by atoms with Gasteiger partial charge in [0.15, 0.2) is 5.54 Å². The van der Waals surface area contributed by atoms with Gasteiger partial charge in [-0.1, -0.05) is 24.1 Å². The van der Waals surface area contributed by atoms with Crippen LogP contribution >= 0.6 is 0 Å². The zero-order valence-electron chi connectivity index (χ0n) is 11.9. The molecule has 0 saturated carbocycles. The standard InChI is InChI=1S/C14H13F3N4OS/c1-2-13(10-5-3-4-6-11(10)15)9-23(22)19-7-14(16,17)8-21(23)12(18)20-13/h1,3-6H,7-9H2,(H2,18,20)/t13-,23?/m0/s1. The van der Waals surface area contributed by atoms with Gasteiger partial charge in [-0.3, -0.25) is 0 Å². The van der Waals surface area contributed by atoms with E-state index in [1.54, 1.807) is 6.07 Å². The predicted octanol–water partition coefficient (Wildman–Crippen LogP) is 1.32. The van der Waals surface area contributed by atoms with Crippen LogP contribution in [0.4, 0.5) is 13.2 Å². The molecule has 2 atom stereocenters. The first-order chi connectivity index (χ1) is 10.7. The summed E-state index contributed by atoms with van der Waals surface area (Å²) >= 11 is 0. The Labute approximate surface area is 131 Å². The average Bonchev–Trinajstić information content (AvgIpc) is 2.49. The summed E-state index contributed by atoms with van der Waals surface area (Å²) in [6.07, 6.45) is 5.52. The molecular formula is C14H13F3N4OS. The molecule has 0 fully saturated rings. The van der Waals surface area contributed by atoms with Gasteiger partial charge in [-0.05, 0) is 6.07 Å². The van der Waals surface area contributed by atoms with Crippen LogP contribution in [0.3, 0.4) is 0 Å². The second-order valence-corrected chi connectivity index (χ2v) is 7.59. The van der Waals surface area contributed by atoms with Gasteiger partial charge in [0, 0.05) is 5.56 Å². The molecule has 2 aliphatic rings. The second kappa shape index (κ2) is 4.89. The molecule has 0 saturated heterocycles. The molecule has 0 bridgehead atoms. The number of halogens is 3. The van der Waals surface area contributed by atoms with Crippen LogP contribution in [0.5, 0.6) is 0 Å². The maximum atomic E-state index is 14.1. The van der Waals surface area contributed by atoms with Gasteiger partial charge in [-0.15, -0.1) is 6.42 Å². The number of nitrogens with two attached hydrogens (primary N) is 1. The van der Waals surface area contributed by atoms with Crippen LogP contribution < -0.4 is 5.73 Å². The number of hydrogen-bond acceptors (Lipinski definition) is 4. The summed E-state index contributed by atoms with van der Waals surface area (Å²) in [6, 6.07) is 5.61. The van der Waals surface area contributed by atoms with Gasteiger partial charge in [0.1, 0.15) is 28.8 Å². The Bertz CT molecular complexity index is 854. The molecule has 5 nitrogen and oxygen atoms in total. The van der Waals surface area contributed by atoms with E-state index in [1.807, 2.05) is 0 Å². The van der Waals surface area contributed by atoms with Crippen molar-refractivity contribution in [1.82, 2.24) is 4.31 Å². The highest BCUT2D eigenvalue weighted by atomic mass is 32.2. The average molecular weight is 342 g/mol. The lowest BCUT2D eigenvalue weighted by Crippen LogP contribution is -2.58. The third-order valence-corrected chi connectivity index (χ3v) is 6.06.